The van der Waals surface area contributed by atoms with E-state index in [1.807, 2.05) is 13.1 Å². The molecule has 1 amide bonds. The number of aryl methyl sites for hydroxylation is 2. The first-order valence-electron chi connectivity index (χ1n) is 7.13. The molecule has 1 fully saturated rings. The van der Waals surface area contributed by atoms with Gasteiger partial charge in [-0.15, -0.1) is 0 Å². The van der Waals surface area contributed by atoms with Crippen LogP contribution in [0.5, 0.6) is 0 Å². The highest BCUT2D eigenvalue weighted by molar-refractivity contribution is 7.80. The van der Waals surface area contributed by atoms with Crippen molar-refractivity contribution in [2.75, 3.05) is 6.54 Å². The van der Waals surface area contributed by atoms with Gasteiger partial charge in [0.1, 0.15) is 0 Å². The number of H-pyrrole nitrogens is 1. The first-order chi connectivity index (χ1) is 9.56. The van der Waals surface area contributed by atoms with E-state index in [2.05, 4.69) is 15.5 Å². The highest BCUT2D eigenvalue weighted by Gasteiger charge is 2.43. The second-order valence-electron chi connectivity index (χ2n) is 5.53. The van der Waals surface area contributed by atoms with Gasteiger partial charge in [0.2, 0.25) is 5.91 Å². The molecule has 0 spiro atoms. The predicted molar refractivity (Wildman–Crippen MR) is 82.3 cm³/mol. The number of hydrogen-bond acceptors (Lipinski definition) is 3. The van der Waals surface area contributed by atoms with Crippen LogP contribution in [-0.4, -0.2) is 27.6 Å². The number of rotatable bonds is 6. The van der Waals surface area contributed by atoms with E-state index in [9.17, 15) is 4.79 Å². The molecule has 6 heteroatoms. The molecule has 0 bridgehead atoms. The number of aromatic amines is 1. The van der Waals surface area contributed by atoms with Crippen molar-refractivity contribution in [2.24, 2.45) is 11.1 Å². The van der Waals surface area contributed by atoms with Crippen LogP contribution in [0.25, 0.3) is 0 Å². The molecule has 1 aromatic rings. The fraction of sp³-hybridized carbons (Fsp3) is 0.643. The molecule has 1 aromatic heterocycles. The summed E-state index contributed by atoms with van der Waals surface area (Å²) in [5.74, 6) is 0.00594. The van der Waals surface area contributed by atoms with E-state index in [4.69, 9.17) is 18.0 Å². The molecule has 0 aromatic carbocycles. The van der Waals surface area contributed by atoms with Gasteiger partial charge in [0.15, 0.2) is 0 Å². The van der Waals surface area contributed by atoms with E-state index in [1.165, 1.54) is 5.56 Å². The zero-order valence-corrected chi connectivity index (χ0v) is 12.7. The molecule has 4 N–H and O–H groups in total. The minimum absolute atomic E-state index is 0.00594. The molecular weight excluding hydrogens is 272 g/mol. The molecule has 0 radical (unpaired) electrons. The second kappa shape index (κ2) is 6.35. The molecule has 20 heavy (non-hydrogen) atoms. The van der Waals surface area contributed by atoms with Crippen LogP contribution >= 0.6 is 12.2 Å². The predicted octanol–water partition coefficient (Wildman–Crippen LogP) is 1.61. The van der Waals surface area contributed by atoms with Gasteiger partial charge in [0.05, 0.1) is 16.6 Å². The van der Waals surface area contributed by atoms with Crippen molar-refractivity contribution in [1.82, 2.24) is 15.5 Å². The van der Waals surface area contributed by atoms with Gasteiger partial charge >= 0.3 is 0 Å². The van der Waals surface area contributed by atoms with Gasteiger partial charge in [-0.05, 0) is 38.2 Å². The van der Waals surface area contributed by atoms with E-state index in [1.54, 1.807) is 0 Å². The van der Waals surface area contributed by atoms with Crippen LogP contribution in [0.3, 0.4) is 0 Å². The molecule has 0 unspecified atom stereocenters. The Hall–Kier alpha value is -1.43. The summed E-state index contributed by atoms with van der Waals surface area (Å²) in [6.45, 7) is 2.65. The number of amides is 1. The topological polar surface area (TPSA) is 83.8 Å². The monoisotopic (exact) mass is 294 g/mol. The standard InChI is InChI=1S/C14H22N4OS/c1-10-11(9-17-18-10)5-4-8-16-13(19)14(12(15)20)6-2-3-7-14/h9H,2-8H2,1H3,(H2,15,20)(H,16,19)(H,17,18). The zero-order chi connectivity index (χ0) is 14.6. The average molecular weight is 294 g/mol. The van der Waals surface area contributed by atoms with Crippen molar-refractivity contribution in [2.45, 2.75) is 45.4 Å². The summed E-state index contributed by atoms with van der Waals surface area (Å²) in [7, 11) is 0. The van der Waals surface area contributed by atoms with Gasteiger partial charge in [0.25, 0.3) is 0 Å². The summed E-state index contributed by atoms with van der Waals surface area (Å²) >= 11 is 5.11. The third kappa shape index (κ3) is 3.00. The smallest absolute Gasteiger partial charge is 0.233 e. The molecule has 2 rings (SSSR count). The number of thiocarbonyl (C=S) groups is 1. The van der Waals surface area contributed by atoms with Crippen molar-refractivity contribution in [3.05, 3.63) is 17.5 Å². The summed E-state index contributed by atoms with van der Waals surface area (Å²) < 4.78 is 0. The molecule has 1 saturated carbocycles. The van der Waals surface area contributed by atoms with E-state index in [0.29, 0.717) is 11.5 Å². The summed E-state index contributed by atoms with van der Waals surface area (Å²) in [5.41, 5.74) is 7.48. The first-order valence-corrected chi connectivity index (χ1v) is 7.54. The number of aromatic nitrogens is 2. The maximum atomic E-state index is 12.3. The van der Waals surface area contributed by atoms with E-state index < -0.39 is 5.41 Å². The Labute approximate surface area is 124 Å². The number of nitrogens with two attached hydrogens (primary N) is 1. The lowest BCUT2D eigenvalue weighted by atomic mass is 9.85. The Morgan fingerprint density at radius 2 is 2.25 bits per heavy atom. The minimum atomic E-state index is -0.596. The number of nitrogens with one attached hydrogen (secondary N) is 2. The van der Waals surface area contributed by atoms with Crippen molar-refractivity contribution in [3.63, 3.8) is 0 Å². The Balaban J connectivity index is 1.80. The second-order valence-corrected chi connectivity index (χ2v) is 5.97. The van der Waals surface area contributed by atoms with E-state index in [-0.39, 0.29) is 5.91 Å². The van der Waals surface area contributed by atoms with Gasteiger partial charge in [-0.2, -0.15) is 5.10 Å². The molecule has 1 heterocycles. The fourth-order valence-corrected chi connectivity index (χ4v) is 3.14. The number of carbonyl (C=O) groups excluding carboxylic acids is 1. The average Bonchev–Trinajstić information content (AvgIpc) is 3.04. The van der Waals surface area contributed by atoms with Gasteiger partial charge in [-0.3, -0.25) is 9.89 Å². The Morgan fingerprint density at radius 3 is 2.80 bits per heavy atom. The summed E-state index contributed by atoms with van der Waals surface area (Å²) in [4.78, 5) is 12.7. The van der Waals surface area contributed by atoms with E-state index in [0.717, 1.165) is 44.2 Å². The van der Waals surface area contributed by atoms with Crippen molar-refractivity contribution >= 4 is 23.1 Å². The molecular formula is C14H22N4OS. The molecule has 0 atom stereocenters. The van der Waals surface area contributed by atoms with Crippen LogP contribution in [-0.2, 0) is 11.2 Å². The number of hydrogen-bond donors (Lipinski definition) is 3. The lowest BCUT2D eigenvalue weighted by molar-refractivity contribution is -0.127. The third-order valence-electron chi connectivity index (χ3n) is 4.21. The summed E-state index contributed by atoms with van der Waals surface area (Å²) in [6, 6.07) is 0. The quantitative estimate of drug-likeness (QED) is 0.550. The Bertz CT molecular complexity index is 491. The molecule has 110 valence electrons. The first kappa shape index (κ1) is 15.0. The normalized spacial score (nSPS) is 17.1. The van der Waals surface area contributed by atoms with Crippen LogP contribution in [0.1, 0.15) is 43.4 Å². The van der Waals surface area contributed by atoms with Crippen molar-refractivity contribution < 1.29 is 4.79 Å². The minimum Gasteiger partial charge on any atom is -0.392 e. The molecule has 0 aliphatic heterocycles. The van der Waals surface area contributed by atoms with Crippen LogP contribution in [0.4, 0.5) is 0 Å². The van der Waals surface area contributed by atoms with Gasteiger partial charge in [-0.1, -0.05) is 25.1 Å². The number of nitrogens with zero attached hydrogens (tertiary/aromatic N) is 1. The lowest BCUT2D eigenvalue weighted by Crippen LogP contribution is -2.47. The lowest BCUT2D eigenvalue weighted by Gasteiger charge is -2.26. The van der Waals surface area contributed by atoms with Crippen LogP contribution < -0.4 is 11.1 Å². The van der Waals surface area contributed by atoms with Crippen LogP contribution in [0.15, 0.2) is 6.20 Å². The third-order valence-corrected chi connectivity index (χ3v) is 4.60. The highest BCUT2D eigenvalue weighted by atomic mass is 32.1. The summed E-state index contributed by atoms with van der Waals surface area (Å²) in [5, 5.41) is 9.89. The zero-order valence-electron chi connectivity index (χ0n) is 11.9. The SMILES string of the molecule is Cc1[nH]ncc1CCCNC(=O)C1(C(N)=S)CCCC1. The van der Waals surface area contributed by atoms with Gasteiger partial charge in [-0.25, -0.2) is 0 Å². The molecule has 1 aliphatic rings. The van der Waals surface area contributed by atoms with Crippen molar-refractivity contribution in [1.29, 1.82) is 0 Å². The largest absolute Gasteiger partial charge is 0.392 e. The maximum absolute atomic E-state index is 12.3. The van der Waals surface area contributed by atoms with Gasteiger partial charge < -0.3 is 11.1 Å². The van der Waals surface area contributed by atoms with Crippen molar-refractivity contribution in [3.8, 4) is 0 Å². The van der Waals surface area contributed by atoms with Crippen LogP contribution in [0.2, 0.25) is 0 Å². The molecule has 1 aliphatic carbocycles. The van der Waals surface area contributed by atoms with Crippen LogP contribution in [0, 0.1) is 12.3 Å². The van der Waals surface area contributed by atoms with Gasteiger partial charge in [0, 0.05) is 12.2 Å². The number of carbonyl (C=O) groups is 1. The summed E-state index contributed by atoms with van der Waals surface area (Å²) in [6.07, 6.45) is 7.26. The maximum Gasteiger partial charge on any atom is 0.233 e. The Kier molecular flexibility index (Phi) is 4.75. The van der Waals surface area contributed by atoms with E-state index >= 15 is 0 Å². The molecule has 5 nitrogen and oxygen atoms in total. The molecule has 0 saturated heterocycles. The fourth-order valence-electron chi connectivity index (χ4n) is 2.84. The highest BCUT2D eigenvalue weighted by Crippen LogP contribution is 2.38. The Morgan fingerprint density at radius 1 is 1.55 bits per heavy atom.